The minimum atomic E-state index is -0.634. The lowest BCUT2D eigenvalue weighted by molar-refractivity contribution is 0.182. The summed E-state index contributed by atoms with van der Waals surface area (Å²) in [6, 6.07) is 12.3. The number of hydrogen-bond donors (Lipinski definition) is 1. The number of aliphatic hydroxyl groups is 1. The van der Waals surface area contributed by atoms with E-state index in [1.54, 1.807) is 6.07 Å². The fourth-order valence-electron chi connectivity index (χ4n) is 2.33. The van der Waals surface area contributed by atoms with Crippen molar-refractivity contribution in [2.24, 2.45) is 0 Å². The van der Waals surface area contributed by atoms with Crippen LogP contribution in [0.25, 0.3) is 10.1 Å². The largest absolute Gasteiger partial charge is 0.387 e. The fraction of sp³-hybridized carbons (Fsp3) is 0.176. The van der Waals surface area contributed by atoms with Gasteiger partial charge in [0.1, 0.15) is 5.82 Å². The molecule has 0 bridgehead atoms. The Bertz CT molecular complexity index is 797. The molecule has 0 aliphatic rings. The van der Waals surface area contributed by atoms with E-state index in [9.17, 15) is 9.50 Å². The molecule has 1 unspecified atom stereocenters. The Hall–Kier alpha value is -1.42. The number of hydrogen-bond acceptors (Lipinski definition) is 2. The summed E-state index contributed by atoms with van der Waals surface area (Å²) < 4.78 is 14.2. The molecule has 108 valence electrons. The van der Waals surface area contributed by atoms with Gasteiger partial charge in [0.2, 0.25) is 0 Å². The lowest BCUT2D eigenvalue weighted by atomic mass is 10.0. The number of halogens is 2. The normalized spacial score (nSPS) is 12.8. The average molecular weight is 321 g/mol. The van der Waals surface area contributed by atoms with Gasteiger partial charge in [0.05, 0.1) is 6.10 Å². The van der Waals surface area contributed by atoms with E-state index in [1.165, 1.54) is 23.5 Å². The van der Waals surface area contributed by atoms with E-state index in [0.29, 0.717) is 11.4 Å². The van der Waals surface area contributed by atoms with Crippen LogP contribution < -0.4 is 0 Å². The highest BCUT2D eigenvalue weighted by Gasteiger charge is 2.14. The van der Waals surface area contributed by atoms with Gasteiger partial charge in [-0.25, -0.2) is 4.39 Å². The van der Waals surface area contributed by atoms with E-state index < -0.39 is 6.10 Å². The molecule has 2 aromatic carbocycles. The Morgan fingerprint density at radius 2 is 2.00 bits per heavy atom. The molecule has 0 amide bonds. The van der Waals surface area contributed by atoms with Crippen molar-refractivity contribution in [3.8, 4) is 0 Å². The molecular weight excluding hydrogens is 307 g/mol. The second kappa shape index (κ2) is 5.76. The number of rotatable bonds is 3. The summed E-state index contributed by atoms with van der Waals surface area (Å²) in [5, 5.41) is 11.9. The minimum absolute atomic E-state index is 0.261. The molecule has 21 heavy (non-hydrogen) atoms. The molecule has 0 radical (unpaired) electrons. The fourth-order valence-corrected chi connectivity index (χ4v) is 3.67. The Morgan fingerprint density at radius 1 is 1.19 bits per heavy atom. The van der Waals surface area contributed by atoms with Gasteiger partial charge in [0.25, 0.3) is 0 Å². The lowest BCUT2D eigenvalue weighted by Crippen LogP contribution is -2.00. The van der Waals surface area contributed by atoms with Crippen LogP contribution >= 0.6 is 22.9 Å². The molecule has 1 nitrogen and oxygen atoms in total. The molecule has 1 atom stereocenters. The van der Waals surface area contributed by atoms with Gasteiger partial charge >= 0.3 is 0 Å². The van der Waals surface area contributed by atoms with Crippen molar-refractivity contribution < 1.29 is 9.50 Å². The van der Waals surface area contributed by atoms with Crippen LogP contribution in [0.1, 0.15) is 22.1 Å². The third-order valence-corrected chi connectivity index (χ3v) is 5.02. The van der Waals surface area contributed by atoms with Crippen LogP contribution in [0.2, 0.25) is 5.02 Å². The van der Waals surface area contributed by atoms with E-state index in [-0.39, 0.29) is 5.82 Å². The molecule has 0 fully saturated rings. The Kier molecular flexibility index (Phi) is 3.98. The van der Waals surface area contributed by atoms with Gasteiger partial charge < -0.3 is 5.11 Å². The monoisotopic (exact) mass is 320 g/mol. The molecule has 0 saturated heterocycles. The second-order valence-electron chi connectivity index (χ2n) is 5.15. The van der Waals surface area contributed by atoms with Gasteiger partial charge in [-0.05, 0) is 53.8 Å². The number of fused-ring (bicyclic) bond motifs is 1. The summed E-state index contributed by atoms with van der Waals surface area (Å²) in [4.78, 5) is 0.826. The highest BCUT2D eigenvalue weighted by Crippen LogP contribution is 2.33. The van der Waals surface area contributed by atoms with Crippen LogP contribution in [0.15, 0.2) is 42.5 Å². The smallest absolute Gasteiger partial charge is 0.123 e. The minimum Gasteiger partial charge on any atom is -0.387 e. The first kappa shape index (κ1) is 14.5. The van der Waals surface area contributed by atoms with Crippen molar-refractivity contribution in [1.82, 2.24) is 0 Å². The molecule has 0 aliphatic heterocycles. The van der Waals surface area contributed by atoms with E-state index in [0.717, 1.165) is 26.1 Å². The maximum absolute atomic E-state index is 13.2. The molecule has 3 rings (SSSR count). The maximum atomic E-state index is 13.2. The topological polar surface area (TPSA) is 20.2 Å². The predicted molar refractivity (Wildman–Crippen MR) is 86.6 cm³/mol. The first-order chi connectivity index (χ1) is 10.0. The maximum Gasteiger partial charge on any atom is 0.123 e. The van der Waals surface area contributed by atoms with Crippen LogP contribution in [0.4, 0.5) is 4.39 Å². The summed E-state index contributed by atoms with van der Waals surface area (Å²) in [5.74, 6) is -0.261. The van der Waals surface area contributed by atoms with E-state index in [2.05, 4.69) is 0 Å². The Labute approximate surface area is 131 Å². The summed E-state index contributed by atoms with van der Waals surface area (Å²) in [5.41, 5.74) is 2.01. The predicted octanol–water partition coefficient (Wildman–Crippen LogP) is 5.28. The SMILES string of the molecule is Cc1ccc(CC(O)c2cc3cc(F)ccc3s2)c(Cl)c1. The van der Waals surface area contributed by atoms with Crippen molar-refractivity contribution in [3.05, 3.63) is 69.3 Å². The van der Waals surface area contributed by atoms with E-state index in [1.807, 2.05) is 31.2 Å². The third-order valence-electron chi connectivity index (χ3n) is 3.45. The molecule has 0 aliphatic carbocycles. The van der Waals surface area contributed by atoms with Gasteiger partial charge in [-0.3, -0.25) is 0 Å². The molecule has 3 aromatic rings. The van der Waals surface area contributed by atoms with Crippen LogP contribution in [0.3, 0.4) is 0 Å². The summed E-state index contributed by atoms with van der Waals surface area (Å²) in [6.45, 7) is 1.98. The van der Waals surface area contributed by atoms with Crippen LogP contribution in [-0.4, -0.2) is 5.11 Å². The molecule has 0 saturated carbocycles. The zero-order valence-electron chi connectivity index (χ0n) is 11.4. The standard InChI is InChI=1S/C17H14ClFOS/c1-10-2-3-11(14(18)6-10)8-15(20)17-9-12-7-13(19)4-5-16(12)21-17/h2-7,9,15,20H,8H2,1H3. The second-order valence-corrected chi connectivity index (χ2v) is 6.67. The lowest BCUT2D eigenvalue weighted by Gasteiger charge is -2.10. The van der Waals surface area contributed by atoms with Crippen molar-refractivity contribution in [1.29, 1.82) is 0 Å². The van der Waals surface area contributed by atoms with Gasteiger partial charge in [-0.1, -0.05) is 23.7 Å². The Balaban J connectivity index is 1.87. The average Bonchev–Trinajstić information content (AvgIpc) is 2.85. The van der Waals surface area contributed by atoms with Crippen LogP contribution in [0.5, 0.6) is 0 Å². The number of benzene rings is 2. The molecule has 1 aromatic heterocycles. The number of aryl methyl sites for hydroxylation is 1. The third kappa shape index (κ3) is 3.10. The zero-order chi connectivity index (χ0) is 15.0. The van der Waals surface area contributed by atoms with Crippen molar-refractivity contribution in [2.45, 2.75) is 19.4 Å². The van der Waals surface area contributed by atoms with Gasteiger partial charge in [0, 0.05) is 21.0 Å². The van der Waals surface area contributed by atoms with Gasteiger partial charge in [-0.2, -0.15) is 0 Å². The molecular formula is C17H14ClFOS. The quantitative estimate of drug-likeness (QED) is 0.696. The number of thiophene rings is 1. The van der Waals surface area contributed by atoms with Crippen molar-refractivity contribution in [2.75, 3.05) is 0 Å². The molecule has 4 heteroatoms. The van der Waals surface area contributed by atoms with E-state index >= 15 is 0 Å². The highest BCUT2D eigenvalue weighted by molar-refractivity contribution is 7.19. The van der Waals surface area contributed by atoms with Crippen molar-refractivity contribution in [3.63, 3.8) is 0 Å². The van der Waals surface area contributed by atoms with Crippen molar-refractivity contribution >= 4 is 33.0 Å². The zero-order valence-corrected chi connectivity index (χ0v) is 13.0. The summed E-state index contributed by atoms with van der Waals surface area (Å²) in [6.07, 6.45) is -0.181. The summed E-state index contributed by atoms with van der Waals surface area (Å²) in [7, 11) is 0. The molecule has 0 spiro atoms. The first-order valence-corrected chi connectivity index (χ1v) is 7.84. The summed E-state index contributed by atoms with van der Waals surface area (Å²) >= 11 is 7.69. The highest BCUT2D eigenvalue weighted by atomic mass is 35.5. The molecule has 1 N–H and O–H groups in total. The van der Waals surface area contributed by atoms with Gasteiger partial charge in [-0.15, -0.1) is 11.3 Å². The Morgan fingerprint density at radius 3 is 2.76 bits per heavy atom. The van der Waals surface area contributed by atoms with E-state index in [4.69, 9.17) is 11.6 Å². The molecule has 1 heterocycles. The van der Waals surface area contributed by atoms with Gasteiger partial charge in [0.15, 0.2) is 0 Å². The van der Waals surface area contributed by atoms with Crippen LogP contribution in [-0.2, 0) is 6.42 Å². The van der Waals surface area contributed by atoms with Crippen LogP contribution in [0, 0.1) is 12.7 Å². The first-order valence-electron chi connectivity index (χ1n) is 6.65. The number of aliphatic hydroxyl groups excluding tert-OH is 1.